The highest BCUT2D eigenvalue weighted by molar-refractivity contribution is 5.23. The van der Waals surface area contributed by atoms with Crippen molar-refractivity contribution in [2.24, 2.45) is 0 Å². The monoisotopic (exact) mass is 308 g/mol. The summed E-state index contributed by atoms with van der Waals surface area (Å²) in [6.07, 6.45) is 2.13. The first-order valence-electron chi connectivity index (χ1n) is 7.21. The summed E-state index contributed by atoms with van der Waals surface area (Å²) >= 11 is 0. The van der Waals surface area contributed by atoms with E-state index in [2.05, 4.69) is 15.0 Å². The van der Waals surface area contributed by atoms with Crippen LogP contribution in [0.25, 0.3) is 0 Å². The third-order valence-electron chi connectivity index (χ3n) is 3.65. The Balaban J connectivity index is 1.72. The SMILES string of the molecule is CN(C)c1noc(CN(Cc2ccc(F)cc2F)C2CC2)n1. The molecular weight excluding hydrogens is 290 g/mol. The van der Waals surface area contributed by atoms with Crippen molar-refractivity contribution in [3.8, 4) is 0 Å². The van der Waals surface area contributed by atoms with Gasteiger partial charge in [-0.25, -0.2) is 8.78 Å². The first-order valence-corrected chi connectivity index (χ1v) is 7.21. The van der Waals surface area contributed by atoms with Crippen LogP contribution in [-0.4, -0.2) is 35.2 Å². The number of nitrogens with zero attached hydrogens (tertiary/aromatic N) is 4. The lowest BCUT2D eigenvalue weighted by atomic mass is 10.2. The summed E-state index contributed by atoms with van der Waals surface area (Å²) in [5.41, 5.74) is 0.473. The molecule has 0 radical (unpaired) electrons. The van der Waals surface area contributed by atoms with Crippen molar-refractivity contribution in [2.45, 2.75) is 32.0 Å². The number of benzene rings is 1. The summed E-state index contributed by atoms with van der Waals surface area (Å²) in [6, 6.07) is 4.07. The minimum absolute atomic E-state index is 0.388. The molecule has 7 heteroatoms. The molecule has 5 nitrogen and oxygen atoms in total. The van der Waals surface area contributed by atoms with E-state index in [1.165, 1.54) is 12.1 Å². The number of hydrogen-bond donors (Lipinski definition) is 0. The van der Waals surface area contributed by atoms with Crippen molar-refractivity contribution < 1.29 is 13.3 Å². The van der Waals surface area contributed by atoms with Crippen LogP contribution in [0.1, 0.15) is 24.3 Å². The summed E-state index contributed by atoms with van der Waals surface area (Å²) < 4.78 is 32.0. The van der Waals surface area contributed by atoms with E-state index in [0.29, 0.717) is 36.5 Å². The fourth-order valence-electron chi connectivity index (χ4n) is 2.29. The van der Waals surface area contributed by atoms with E-state index in [4.69, 9.17) is 4.52 Å². The molecule has 0 bridgehead atoms. The predicted molar refractivity (Wildman–Crippen MR) is 77.3 cm³/mol. The molecule has 0 N–H and O–H groups in total. The van der Waals surface area contributed by atoms with Gasteiger partial charge in [0.05, 0.1) is 6.54 Å². The number of anilines is 1. The molecule has 22 heavy (non-hydrogen) atoms. The zero-order valence-corrected chi connectivity index (χ0v) is 12.6. The van der Waals surface area contributed by atoms with E-state index >= 15 is 0 Å². The lowest BCUT2D eigenvalue weighted by Crippen LogP contribution is -2.25. The highest BCUT2D eigenvalue weighted by Crippen LogP contribution is 2.30. The first-order chi connectivity index (χ1) is 10.5. The smallest absolute Gasteiger partial charge is 0.265 e. The molecule has 0 atom stereocenters. The van der Waals surface area contributed by atoms with E-state index in [9.17, 15) is 8.78 Å². The second-order valence-electron chi connectivity index (χ2n) is 5.75. The minimum Gasteiger partial charge on any atom is -0.344 e. The quantitative estimate of drug-likeness (QED) is 0.821. The molecule has 1 aliphatic carbocycles. The maximum absolute atomic E-state index is 13.8. The van der Waals surface area contributed by atoms with Gasteiger partial charge in [-0.3, -0.25) is 4.90 Å². The van der Waals surface area contributed by atoms with Gasteiger partial charge in [-0.15, -0.1) is 0 Å². The Labute approximate surface area is 127 Å². The van der Waals surface area contributed by atoms with Crippen molar-refractivity contribution in [3.05, 3.63) is 41.3 Å². The van der Waals surface area contributed by atoms with Gasteiger partial charge in [-0.1, -0.05) is 6.07 Å². The second-order valence-corrected chi connectivity index (χ2v) is 5.75. The fraction of sp³-hybridized carbons (Fsp3) is 0.467. The van der Waals surface area contributed by atoms with Crippen LogP contribution in [0.5, 0.6) is 0 Å². The topological polar surface area (TPSA) is 45.4 Å². The van der Waals surface area contributed by atoms with Crippen molar-refractivity contribution in [1.29, 1.82) is 0 Å². The second kappa shape index (κ2) is 6.00. The molecule has 1 aromatic carbocycles. The van der Waals surface area contributed by atoms with Crippen molar-refractivity contribution in [2.75, 3.05) is 19.0 Å². The van der Waals surface area contributed by atoms with Gasteiger partial charge in [-0.2, -0.15) is 4.98 Å². The third kappa shape index (κ3) is 3.41. The summed E-state index contributed by atoms with van der Waals surface area (Å²) in [4.78, 5) is 8.14. The van der Waals surface area contributed by atoms with E-state index in [1.807, 2.05) is 14.1 Å². The number of aromatic nitrogens is 2. The molecule has 3 rings (SSSR count). The molecule has 0 saturated heterocycles. The van der Waals surface area contributed by atoms with Crippen LogP contribution >= 0.6 is 0 Å². The average Bonchev–Trinajstić information content (AvgIpc) is 3.20. The summed E-state index contributed by atoms with van der Waals surface area (Å²) in [5, 5.41) is 3.87. The Morgan fingerprint density at radius 2 is 2.00 bits per heavy atom. The van der Waals surface area contributed by atoms with Crippen LogP contribution in [0.2, 0.25) is 0 Å². The van der Waals surface area contributed by atoms with Gasteiger partial charge < -0.3 is 9.42 Å². The van der Waals surface area contributed by atoms with Gasteiger partial charge >= 0.3 is 0 Å². The molecule has 0 aliphatic heterocycles. The van der Waals surface area contributed by atoms with Crippen molar-refractivity contribution >= 4 is 5.95 Å². The Bertz CT molecular complexity index is 655. The standard InChI is InChI=1S/C15H18F2N4O/c1-20(2)15-18-14(22-19-15)9-21(12-5-6-12)8-10-3-4-11(16)7-13(10)17/h3-4,7,12H,5-6,8-9H2,1-2H3. The normalized spacial score (nSPS) is 14.6. The van der Waals surface area contributed by atoms with Gasteiger partial charge in [0.15, 0.2) is 0 Å². The maximum Gasteiger partial charge on any atom is 0.265 e. The summed E-state index contributed by atoms with van der Waals surface area (Å²) in [5.74, 6) is -0.0752. The molecule has 1 fully saturated rings. The Hall–Kier alpha value is -2.02. The Morgan fingerprint density at radius 1 is 1.23 bits per heavy atom. The van der Waals surface area contributed by atoms with E-state index in [-0.39, 0.29) is 0 Å². The maximum atomic E-state index is 13.8. The highest BCUT2D eigenvalue weighted by atomic mass is 19.1. The largest absolute Gasteiger partial charge is 0.344 e. The van der Waals surface area contributed by atoms with E-state index < -0.39 is 11.6 Å². The number of hydrogen-bond acceptors (Lipinski definition) is 5. The van der Waals surface area contributed by atoms with Gasteiger partial charge in [0.1, 0.15) is 11.6 Å². The zero-order chi connectivity index (χ0) is 15.7. The lowest BCUT2D eigenvalue weighted by molar-refractivity contribution is 0.207. The highest BCUT2D eigenvalue weighted by Gasteiger charge is 2.31. The van der Waals surface area contributed by atoms with Crippen LogP contribution in [0.4, 0.5) is 14.7 Å². The molecule has 2 aromatic rings. The van der Waals surface area contributed by atoms with E-state index in [1.54, 1.807) is 4.90 Å². The van der Waals surface area contributed by atoms with E-state index in [0.717, 1.165) is 18.9 Å². The molecule has 1 aliphatic rings. The first kappa shape index (κ1) is 14.9. The Morgan fingerprint density at radius 3 is 2.59 bits per heavy atom. The fourth-order valence-corrected chi connectivity index (χ4v) is 2.29. The predicted octanol–water partition coefficient (Wildman–Crippen LogP) is 2.58. The van der Waals surface area contributed by atoms with Gasteiger partial charge in [0.25, 0.3) is 5.95 Å². The lowest BCUT2D eigenvalue weighted by Gasteiger charge is -2.20. The molecule has 1 heterocycles. The zero-order valence-electron chi connectivity index (χ0n) is 12.6. The molecule has 118 valence electrons. The van der Waals surface area contributed by atoms with Crippen LogP contribution in [-0.2, 0) is 13.1 Å². The molecule has 0 unspecified atom stereocenters. The molecule has 0 spiro atoms. The third-order valence-corrected chi connectivity index (χ3v) is 3.65. The molecule has 0 amide bonds. The number of halogens is 2. The van der Waals surface area contributed by atoms with Crippen LogP contribution in [0.15, 0.2) is 22.7 Å². The molecular formula is C15H18F2N4O. The minimum atomic E-state index is -0.563. The van der Waals surface area contributed by atoms with Gasteiger partial charge in [0, 0.05) is 38.3 Å². The molecule has 1 saturated carbocycles. The van der Waals surface area contributed by atoms with Crippen LogP contribution in [0.3, 0.4) is 0 Å². The number of rotatable bonds is 6. The van der Waals surface area contributed by atoms with Crippen molar-refractivity contribution in [3.63, 3.8) is 0 Å². The Kier molecular flexibility index (Phi) is 4.06. The summed E-state index contributed by atoms with van der Waals surface area (Å²) in [6.45, 7) is 0.860. The average molecular weight is 308 g/mol. The molecule has 1 aromatic heterocycles. The van der Waals surface area contributed by atoms with Crippen LogP contribution in [0, 0.1) is 11.6 Å². The van der Waals surface area contributed by atoms with Crippen molar-refractivity contribution in [1.82, 2.24) is 15.0 Å². The van der Waals surface area contributed by atoms with Crippen LogP contribution < -0.4 is 4.90 Å². The summed E-state index contributed by atoms with van der Waals surface area (Å²) in [7, 11) is 3.67. The van der Waals surface area contributed by atoms with Gasteiger partial charge in [0.2, 0.25) is 5.89 Å². The van der Waals surface area contributed by atoms with Gasteiger partial charge in [-0.05, 0) is 24.1 Å².